The summed E-state index contributed by atoms with van der Waals surface area (Å²) in [6.45, 7) is -0.719. The third-order valence-corrected chi connectivity index (χ3v) is 4.48. The zero-order valence-corrected chi connectivity index (χ0v) is 11.4. The Hall–Kier alpha value is -1.33. The highest BCUT2D eigenvalue weighted by molar-refractivity contribution is 8.00. The van der Waals surface area contributed by atoms with Crippen LogP contribution >= 0.6 is 23.4 Å². The molecule has 9 nitrogen and oxygen atoms in total. The van der Waals surface area contributed by atoms with Crippen molar-refractivity contribution in [3.8, 4) is 0 Å². The lowest BCUT2D eigenvalue weighted by atomic mass is 10.1. The minimum Gasteiger partial charge on any atom is -0.477 e. The van der Waals surface area contributed by atoms with Gasteiger partial charge in [-0.05, 0) is 0 Å². The number of hydrogen-bond acceptors (Lipinski definition) is 7. The Morgan fingerprint density at radius 2 is 2.15 bits per heavy atom. The summed E-state index contributed by atoms with van der Waals surface area (Å²) >= 11 is 7.00. The van der Waals surface area contributed by atoms with Gasteiger partial charge in [-0.3, -0.25) is 24.9 Å². The van der Waals surface area contributed by atoms with Crippen LogP contribution in [0.2, 0.25) is 0 Å². The monoisotopic (exact) mass is 323 g/mol. The van der Waals surface area contributed by atoms with Gasteiger partial charge in [0.15, 0.2) is 0 Å². The van der Waals surface area contributed by atoms with E-state index in [1.807, 2.05) is 0 Å². The number of rotatable bonds is 4. The van der Waals surface area contributed by atoms with Gasteiger partial charge in [-0.15, -0.1) is 11.8 Å². The highest BCUT2D eigenvalue weighted by atomic mass is 35.5. The zero-order valence-electron chi connectivity index (χ0n) is 9.82. The fourth-order valence-corrected chi connectivity index (χ4v) is 3.48. The van der Waals surface area contributed by atoms with Crippen LogP contribution in [0.5, 0.6) is 0 Å². The van der Waals surface area contributed by atoms with E-state index in [2.05, 4.69) is 5.32 Å². The fraction of sp³-hybridized carbons (Fsp3) is 0.444. The minimum atomic E-state index is -1.31. The summed E-state index contributed by atoms with van der Waals surface area (Å²) in [7, 11) is 0. The summed E-state index contributed by atoms with van der Waals surface area (Å²) in [5.74, 6) is -2.47. The molecule has 2 atom stereocenters. The first-order chi connectivity index (χ1) is 9.32. The molecule has 11 heteroatoms. The van der Waals surface area contributed by atoms with Crippen LogP contribution in [0.3, 0.4) is 0 Å². The summed E-state index contributed by atoms with van der Waals surface area (Å²) in [6.07, 6.45) is 0. The molecule has 0 spiro atoms. The average Bonchev–Trinajstić information content (AvgIpc) is 2.34. The number of thioether (sulfide) groups is 1. The molecule has 2 amide bonds. The smallest absolute Gasteiger partial charge is 0.353 e. The summed E-state index contributed by atoms with van der Waals surface area (Å²) in [5, 5.41) is 27.5. The number of nitrogens with one attached hydrogen (secondary N) is 1. The molecule has 1 saturated heterocycles. The van der Waals surface area contributed by atoms with Gasteiger partial charge >= 0.3 is 5.97 Å². The van der Waals surface area contributed by atoms with Crippen molar-refractivity contribution in [1.82, 2.24) is 15.4 Å². The Bertz CT molecular complexity index is 510. The first-order valence-electron chi connectivity index (χ1n) is 5.34. The van der Waals surface area contributed by atoms with Crippen LogP contribution in [-0.4, -0.2) is 67.1 Å². The van der Waals surface area contributed by atoms with Crippen LogP contribution in [0, 0.1) is 0 Å². The second-order valence-corrected chi connectivity index (χ2v) is 5.61. The molecule has 1 unspecified atom stereocenters. The van der Waals surface area contributed by atoms with E-state index >= 15 is 0 Å². The number of aliphatic carboxylic acids is 1. The van der Waals surface area contributed by atoms with Gasteiger partial charge in [0.2, 0.25) is 5.91 Å². The quantitative estimate of drug-likeness (QED) is 0.383. The van der Waals surface area contributed by atoms with E-state index in [-0.39, 0.29) is 21.7 Å². The number of amides is 2. The molecule has 1 fully saturated rings. The van der Waals surface area contributed by atoms with Crippen molar-refractivity contribution in [3.05, 3.63) is 10.7 Å². The number of carboxylic acids is 1. The molecular formula is C9H10ClN3O6S. The maximum Gasteiger partial charge on any atom is 0.353 e. The molecule has 0 saturated carbocycles. The Balaban J connectivity index is 2.08. The largest absolute Gasteiger partial charge is 0.477 e. The van der Waals surface area contributed by atoms with Crippen molar-refractivity contribution in [3.63, 3.8) is 0 Å². The molecule has 0 aliphatic carbocycles. The van der Waals surface area contributed by atoms with Crippen molar-refractivity contribution in [2.45, 2.75) is 11.4 Å². The number of hydroxylamine groups is 2. The third kappa shape index (κ3) is 2.60. The number of fused-ring (bicyclic) bond motifs is 1. The SMILES string of the molecule is O=C(CN(O)O)NC1C(=O)N2C(C(=O)O)=C(Cl)CS[C@@H]12. The molecule has 20 heavy (non-hydrogen) atoms. The molecule has 4 N–H and O–H groups in total. The normalized spacial score (nSPS) is 25.4. The minimum absolute atomic E-state index is 0.0637. The number of carbonyl (C=O) groups is 3. The highest BCUT2D eigenvalue weighted by Gasteiger charge is 2.54. The van der Waals surface area contributed by atoms with Crippen LogP contribution in [-0.2, 0) is 14.4 Å². The summed E-state index contributed by atoms with van der Waals surface area (Å²) in [5.41, 5.74) is -0.281. The molecule has 2 aliphatic heterocycles. The Kier molecular flexibility index (Phi) is 4.20. The fourth-order valence-electron chi connectivity index (χ4n) is 1.93. The van der Waals surface area contributed by atoms with Gasteiger partial charge in [-0.1, -0.05) is 16.8 Å². The lowest BCUT2D eigenvalue weighted by molar-refractivity contribution is -0.301. The summed E-state index contributed by atoms with van der Waals surface area (Å²) in [6, 6.07) is -0.911. The van der Waals surface area contributed by atoms with Gasteiger partial charge < -0.3 is 10.4 Å². The lowest BCUT2D eigenvalue weighted by Gasteiger charge is -2.48. The predicted octanol–water partition coefficient (Wildman–Crippen LogP) is -0.998. The van der Waals surface area contributed by atoms with Crippen molar-refractivity contribution in [2.24, 2.45) is 0 Å². The first kappa shape index (κ1) is 15.1. The summed E-state index contributed by atoms with van der Waals surface area (Å²) in [4.78, 5) is 35.3. The number of β-lactam (4-membered cyclic amide) rings is 1. The van der Waals surface area contributed by atoms with Crippen LogP contribution < -0.4 is 5.32 Å². The second-order valence-electron chi connectivity index (χ2n) is 4.04. The maximum atomic E-state index is 11.9. The molecule has 2 aliphatic rings. The lowest BCUT2D eigenvalue weighted by Crippen LogP contribution is -2.70. The molecule has 0 aromatic carbocycles. The van der Waals surface area contributed by atoms with Gasteiger partial charge in [0, 0.05) is 5.75 Å². The van der Waals surface area contributed by atoms with E-state index in [0.717, 1.165) is 4.90 Å². The Labute approximate surface area is 121 Å². The molecular weight excluding hydrogens is 314 g/mol. The van der Waals surface area contributed by atoms with Gasteiger partial charge in [-0.25, -0.2) is 4.79 Å². The van der Waals surface area contributed by atoms with E-state index in [0.29, 0.717) is 0 Å². The third-order valence-electron chi connectivity index (χ3n) is 2.73. The van der Waals surface area contributed by atoms with Gasteiger partial charge in [-0.2, -0.15) is 0 Å². The van der Waals surface area contributed by atoms with Crippen LogP contribution in [0.15, 0.2) is 10.7 Å². The Morgan fingerprint density at radius 1 is 1.50 bits per heavy atom. The molecule has 110 valence electrons. The maximum absolute atomic E-state index is 11.9. The van der Waals surface area contributed by atoms with E-state index in [4.69, 9.17) is 27.1 Å². The number of halogens is 1. The molecule has 0 aromatic heterocycles. The zero-order chi connectivity index (χ0) is 15.0. The van der Waals surface area contributed by atoms with Crippen molar-refractivity contribution in [1.29, 1.82) is 0 Å². The molecule has 2 rings (SSSR count). The van der Waals surface area contributed by atoms with Crippen LogP contribution in [0.1, 0.15) is 0 Å². The van der Waals surface area contributed by atoms with Crippen LogP contribution in [0.25, 0.3) is 0 Å². The predicted molar refractivity (Wildman–Crippen MR) is 65.8 cm³/mol. The highest BCUT2D eigenvalue weighted by Crippen LogP contribution is 2.41. The number of carboxylic acid groups (broad SMARTS) is 1. The number of carbonyl (C=O) groups excluding carboxylic acids is 2. The average molecular weight is 324 g/mol. The molecule has 0 bridgehead atoms. The van der Waals surface area contributed by atoms with E-state index < -0.39 is 35.7 Å². The second kappa shape index (κ2) is 5.58. The van der Waals surface area contributed by atoms with Gasteiger partial charge in [0.05, 0.1) is 5.03 Å². The van der Waals surface area contributed by atoms with Crippen LogP contribution in [0.4, 0.5) is 0 Å². The van der Waals surface area contributed by atoms with E-state index in [1.54, 1.807) is 0 Å². The van der Waals surface area contributed by atoms with Gasteiger partial charge in [0.25, 0.3) is 5.91 Å². The van der Waals surface area contributed by atoms with Crippen molar-refractivity contribution >= 4 is 41.1 Å². The molecule has 0 radical (unpaired) electrons. The topological polar surface area (TPSA) is 130 Å². The first-order valence-corrected chi connectivity index (χ1v) is 6.77. The molecule has 0 aromatic rings. The summed E-state index contributed by atoms with van der Waals surface area (Å²) < 4.78 is 0. The van der Waals surface area contributed by atoms with Gasteiger partial charge in [0.1, 0.15) is 23.7 Å². The van der Waals surface area contributed by atoms with Crippen molar-refractivity contribution in [2.75, 3.05) is 12.3 Å². The standard InChI is InChI=1S/C9H10ClN3O6S/c10-3-2-20-8-5(11-4(14)1-12(18)19)7(15)13(8)6(3)9(16)17/h5,8,18-19H,1-2H2,(H,11,14)(H,16,17)/t5?,8-/m0/s1. The van der Waals surface area contributed by atoms with Crippen molar-refractivity contribution < 1.29 is 29.9 Å². The van der Waals surface area contributed by atoms with E-state index in [9.17, 15) is 14.4 Å². The van der Waals surface area contributed by atoms with E-state index in [1.165, 1.54) is 11.8 Å². The number of nitrogens with zero attached hydrogens (tertiary/aromatic N) is 2. The molecule has 2 heterocycles. The number of hydrogen-bond donors (Lipinski definition) is 4. The Morgan fingerprint density at radius 3 is 2.70 bits per heavy atom.